The molecule has 0 aromatic rings. The van der Waals surface area contributed by atoms with Gasteiger partial charge >= 0.3 is 24.4 Å². The van der Waals surface area contributed by atoms with Gasteiger partial charge in [-0.2, -0.15) is 26.3 Å². The Morgan fingerprint density at radius 2 is 1.61 bits per heavy atom. The number of alkyl halides is 6. The second kappa shape index (κ2) is 10.7. The van der Waals surface area contributed by atoms with E-state index in [2.05, 4.69) is 9.73 Å². The fraction of sp³-hybridized carbons (Fsp3) is 0.789. The largest absolute Gasteiger partial charge is 0.462 e. The Morgan fingerprint density at radius 1 is 1.06 bits per heavy atom. The Kier molecular flexibility index (Phi) is 8.71. The Morgan fingerprint density at radius 3 is 2.06 bits per heavy atom. The summed E-state index contributed by atoms with van der Waals surface area (Å²) in [4.78, 5) is 30.8. The normalized spacial score (nSPS) is 22.6. The predicted octanol–water partition coefficient (Wildman–Crippen LogP) is 2.77. The Bertz CT molecular complexity index is 730. The van der Waals surface area contributed by atoms with Crippen LogP contribution in [0.15, 0.2) is 4.99 Å². The van der Waals surface area contributed by atoms with Crippen molar-refractivity contribution >= 4 is 24.0 Å². The van der Waals surface area contributed by atoms with Crippen LogP contribution in [0.2, 0.25) is 0 Å². The van der Waals surface area contributed by atoms with Crippen molar-refractivity contribution in [3.8, 4) is 0 Å². The van der Waals surface area contributed by atoms with E-state index in [1.165, 1.54) is 6.21 Å². The topological polar surface area (TPSA) is 95.3 Å². The van der Waals surface area contributed by atoms with Gasteiger partial charge in [-0.3, -0.25) is 10.4 Å². The summed E-state index contributed by atoms with van der Waals surface area (Å²) in [7, 11) is 0. The monoisotopic (exact) mass is 488 g/mol. The quantitative estimate of drug-likeness (QED) is 0.322. The maximum Gasteiger partial charge on any atom is 0.434 e. The van der Waals surface area contributed by atoms with Gasteiger partial charge in [0.1, 0.15) is 5.71 Å². The molecule has 3 unspecified atom stereocenters. The van der Waals surface area contributed by atoms with Crippen LogP contribution in [0.5, 0.6) is 0 Å². The molecule has 2 heterocycles. The average molecular weight is 488 g/mol. The minimum absolute atomic E-state index is 0.0501. The fourth-order valence-electron chi connectivity index (χ4n) is 3.97. The number of likely N-dealkylation sites (tertiary alicyclic amines) is 2. The van der Waals surface area contributed by atoms with E-state index in [4.69, 9.17) is 10.1 Å². The minimum Gasteiger partial charge on any atom is -0.462 e. The highest BCUT2D eigenvalue weighted by Gasteiger charge is 2.60. The van der Waals surface area contributed by atoms with E-state index in [0.717, 1.165) is 4.90 Å². The molecule has 2 fully saturated rings. The first-order valence-corrected chi connectivity index (χ1v) is 10.3. The number of hydrogen-bond acceptors (Lipinski definition) is 7. The van der Waals surface area contributed by atoms with Gasteiger partial charge in [0, 0.05) is 45.5 Å². The van der Waals surface area contributed by atoms with Crippen molar-refractivity contribution in [3.05, 3.63) is 0 Å². The van der Waals surface area contributed by atoms with Gasteiger partial charge in [-0.15, -0.1) is 0 Å². The van der Waals surface area contributed by atoms with Crippen molar-refractivity contribution < 1.29 is 45.4 Å². The van der Waals surface area contributed by atoms with Crippen molar-refractivity contribution in [2.24, 2.45) is 22.7 Å². The molecule has 2 aliphatic rings. The van der Waals surface area contributed by atoms with Crippen LogP contribution in [-0.2, 0) is 14.3 Å². The van der Waals surface area contributed by atoms with Crippen LogP contribution in [0.25, 0.3) is 0 Å². The highest BCUT2D eigenvalue weighted by molar-refractivity contribution is 6.38. The van der Waals surface area contributed by atoms with E-state index in [1.54, 1.807) is 13.8 Å². The number of hydrogen-bond donors (Lipinski definition) is 1. The molecule has 2 saturated heterocycles. The van der Waals surface area contributed by atoms with E-state index >= 15 is 0 Å². The molecule has 14 heteroatoms. The molecule has 8 nitrogen and oxygen atoms in total. The van der Waals surface area contributed by atoms with E-state index in [1.807, 2.05) is 4.90 Å². The van der Waals surface area contributed by atoms with Gasteiger partial charge in [0.15, 0.2) is 0 Å². The van der Waals surface area contributed by atoms with Gasteiger partial charge in [0.2, 0.25) is 0 Å². The average Bonchev–Trinajstić information content (AvgIpc) is 3.25. The maximum absolute atomic E-state index is 12.6. The molecular formula is C19H26F6N4O4. The third-order valence-electron chi connectivity index (χ3n) is 5.42. The van der Waals surface area contributed by atoms with Gasteiger partial charge in [-0.05, 0) is 25.7 Å². The molecule has 0 bridgehead atoms. The molecule has 33 heavy (non-hydrogen) atoms. The first kappa shape index (κ1) is 26.9. The molecule has 0 spiro atoms. The molecule has 3 atom stereocenters. The predicted molar refractivity (Wildman–Crippen MR) is 104 cm³/mol. The third kappa shape index (κ3) is 7.05. The number of aliphatic imine (C=N–C) groups is 1. The first-order chi connectivity index (χ1) is 15.3. The highest BCUT2D eigenvalue weighted by atomic mass is 19.4. The number of rotatable bonds is 8. The molecule has 2 rings (SSSR count). The second-order valence-electron chi connectivity index (χ2n) is 7.88. The van der Waals surface area contributed by atoms with Crippen LogP contribution in [0, 0.1) is 23.2 Å². The summed E-state index contributed by atoms with van der Waals surface area (Å²) >= 11 is 0. The number of amides is 1. The summed E-state index contributed by atoms with van der Waals surface area (Å²) < 4.78 is 84.5. The van der Waals surface area contributed by atoms with Crippen LogP contribution in [-0.4, -0.2) is 98.1 Å². The van der Waals surface area contributed by atoms with E-state index in [0.29, 0.717) is 19.6 Å². The van der Waals surface area contributed by atoms with Crippen molar-refractivity contribution in [1.82, 2.24) is 9.80 Å². The number of nitrogens with zero attached hydrogens (tertiary/aromatic N) is 3. The third-order valence-corrected chi connectivity index (χ3v) is 5.42. The molecule has 0 aromatic carbocycles. The van der Waals surface area contributed by atoms with Gasteiger partial charge in [0.25, 0.3) is 6.10 Å². The van der Waals surface area contributed by atoms with Gasteiger partial charge in [-0.25, -0.2) is 9.59 Å². The Hall–Kier alpha value is -2.38. The molecule has 0 radical (unpaired) electrons. The number of nitrogens with one attached hydrogen (secondary N) is 1. The summed E-state index contributed by atoms with van der Waals surface area (Å²) in [6, 6.07) is 0. The summed E-state index contributed by atoms with van der Waals surface area (Å²) in [5, 5.41) is 8.07. The molecule has 1 N–H and O–H groups in total. The van der Waals surface area contributed by atoms with E-state index < -0.39 is 36.4 Å². The zero-order chi connectivity index (χ0) is 25.0. The van der Waals surface area contributed by atoms with Crippen LogP contribution in [0.4, 0.5) is 31.1 Å². The van der Waals surface area contributed by atoms with Gasteiger partial charge in [0.05, 0.1) is 12.5 Å². The lowest BCUT2D eigenvalue weighted by Gasteiger charge is -2.27. The van der Waals surface area contributed by atoms with E-state index in [-0.39, 0.29) is 43.8 Å². The van der Waals surface area contributed by atoms with Crippen LogP contribution < -0.4 is 0 Å². The number of ether oxygens (including phenoxy) is 2. The summed E-state index contributed by atoms with van der Waals surface area (Å²) in [6.07, 6.45) is -15.9. The zero-order valence-electron chi connectivity index (χ0n) is 18.1. The molecule has 188 valence electrons. The minimum atomic E-state index is -5.77. The maximum atomic E-state index is 12.6. The summed E-state index contributed by atoms with van der Waals surface area (Å²) in [6.45, 7) is 4.92. The lowest BCUT2D eigenvalue weighted by molar-refractivity contribution is -0.308. The lowest BCUT2D eigenvalue weighted by atomic mass is 10.0. The molecule has 0 aromatic heterocycles. The molecule has 0 aliphatic carbocycles. The first-order valence-electron chi connectivity index (χ1n) is 10.3. The number of fused-ring (bicyclic) bond motifs is 1. The van der Waals surface area contributed by atoms with Crippen LogP contribution in [0.1, 0.15) is 13.8 Å². The number of carbonyl (C=O) groups is 2. The van der Waals surface area contributed by atoms with Gasteiger partial charge < -0.3 is 19.3 Å². The standard InChI is InChI=1S/C19H26F6N4O4/c1-3-27-5-11(14(26)15(30)32-4-2)6-28-7-12-9-29(10-13(12)8-28)17(31)33-16(18(20,21)22)19(23,24)25/h5,11-13,16,26H,3-4,6-10H2,1-2H3. The Balaban J connectivity index is 1.96. The Labute approximate surface area is 186 Å². The summed E-state index contributed by atoms with van der Waals surface area (Å²) in [5.41, 5.74) is -0.262. The molecule has 2 aliphatic heterocycles. The smallest absolute Gasteiger partial charge is 0.434 e. The van der Waals surface area contributed by atoms with Crippen LogP contribution >= 0.6 is 0 Å². The van der Waals surface area contributed by atoms with Crippen molar-refractivity contribution in [2.45, 2.75) is 32.3 Å². The molecule has 0 saturated carbocycles. The van der Waals surface area contributed by atoms with Crippen molar-refractivity contribution in [1.29, 1.82) is 5.41 Å². The number of carbonyl (C=O) groups excluding carboxylic acids is 2. The highest BCUT2D eigenvalue weighted by Crippen LogP contribution is 2.37. The van der Waals surface area contributed by atoms with Crippen molar-refractivity contribution in [3.63, 3.8) is 0 Å². The number of esters is 1. The fourth-order valence-corrected chi connectivity index (χ4v) is 3.97. The van der Waals surface area contributed by atoms with Crippen molar-refractivity contribution in [2.75, 3.05) is 45.9 Å². The lowest BCUT2D eigenvalue weighted by Crippen LogP contribution is -2.48. The molecular weight excluding hydrogens is 462 g/mol. The molecule has 1 amide bonds. The van der Waals surface area contributed by atoms with E-state index in [9.17, 15) is 35.9 Å². The SMILES string of the molecule is CCN=CC(CN1CC2CN(C(=O)OC(C(F)(F)F)C(F)(F)F)CC2C1)C(=N)C(=O)OCC. The summed E-state index contributed by atoms with van der Waals surface area (Å²) in [5.74, 6) is -1.77. The van der Waals surface area contributed by atoms with Gasteiger partial charge in [-0.1, -0.05) is 0 Å². The second-order valence-corrected chi connectivity index (χ2v) is 7.88. The zero-order valence-corrected chi connectivity index (χ0v) is 18.1. The number of halogens is 6. The van der Waals surface area contributed by atoms with Crippen LogP contribution in [0.3, 0.4) is 0 Å².